The second-order valence-corrected chi connectivity index (χ2v) is 8.58. The van der Waals surface area contributed by atoms with Crippen LogP contribution in [0.2, 0.25) is 0 Å². The fourth-order valence-corrected chi connectivity index (χ4v) is 4.55. The average molecular weight is 413 g/mol. The lowest BCUT2D eigenvalue weighted by atomic mass is 9.84. The van der Waals surface area contributed by atoms with Crippen molar-refractivity contribution in [3.05, 3.63) is 46.6 Å². The summed E-state index contributed by atoms with van der Waals surface area (Å²) in [7, 11) is 0. The van der Waals surface area contributed by atoms with E-state index in [1.807, 2.05) is 0 Å². The summed E-state index contributed by atoms with van der Waals surface area (Å²) in [6.45, 7) is 18.0. The Morgan fingerprint density at radius 1 is 0.567 bits per heavy atom. The van der Waals surface area contributed by atoms with Gasteiger partial charge in [-0.15, -0.1) is 0 Å². The Labute approximate surface area is 187 Å². The van der Waals surface area contributed by atoms with E-state index in [0.717, 1.165) is 32.1 Å². The predicted molar refractivity (Wildman–Crippen MR) is 138 cm³/mol. The molecule has 0 aromatic heterocycles. The average Bonchev–Trinajstić information content (AvgIpc) is 2.70. The first-order valence-electron chi connectivity index (χ1n) is 12.5. The van der Waals surface area contributed by atoms with E-state index in [9.17, 15) is 0 Å². The largest absolute Gasteiger partial charge is 0.379 e. The first kappa shape index (κ1) is 26.3. The maximum absolute atomic E-state index is 3.92. The highest BCUT2D eigenvalue weighted by molar-refractivity contribution is 5.76. The zero-order chi connectivity index (χ0) is 22.5. The zero-order valence-corrected chi connectivity index (χ0v) is 21.1. The van der Waals surface area contributed by atoms with E-state index >= 15 is 0 Å². The van der Waals surface area contributed by atoms with Crippen LogP contribution in [0.3, 0.4) is 0 Å². The fourth-order valence-electron chi connectivity index (χ4n) is 4.55. The standard InChI is InChI=1S/C28H48N2/c1-9-15-21(7)29-27-24(18-12-4)23(17-11-3)25(19-13-5)28(26(27)20-14-6)30-22(8)16-10-2/h9-10,15-16,21-22,29-30H,11-14,17-20H2,1-8H3. The highest BCUT2D eigenvalue weighted by Gasteiger charge is 2.23. The van der Waals surface area contributed by atoms with Crippen LogP contribution in [0.4, 0.5) is 11.4 Å². The van der Waals surface area contributed by atoms with Gasteiger partial charge in [-0.25, -0.2) is 0 Å². The lowest BCUT2D eigenvalue weighted by Gasteiger charge is -2.30. The minimum Gasteiger partial charge on any atom is -0.379 e. The van der Waals surface area contributed by atoms with Crippen molar-refractivity contribution in [2.45, 2.75) is 119 Å². The third-order valence-corrected chi connectivity index (χ3v) is 5.64. The van der Waals surface area contributed by atoms with Crippen LogP contribution in [0.25, 0.3) is 0 Å². The summed E-state index contributed by atoms with van der Waals surface area (Å²) in [6.07, 6.45) is 18.1. The van der Waals surface area contributed by atoms with Crippen molar-refractivity contribution in [2.24, 2.45) is 0 Å². The molecule has 2 nitrogen and oxygen atoms in total. The Balaban J connectivity index is 3.88. The summed E-state index contributed by atoms with van der Waals surface area (Å²) in [5.74, 6) is 0. The molecular weight excluding hydrogens is 364 g/mol. The van der Waals surface area contributed by atoms with Crippen molar-refractivity contribution in [3.8, 4) is 0 Å². The van der Waals surface area contributed by atoms with Crippen LogP contribution in [-0.4, -0.2) is 12.1 Å². The summed E-state index contributed by atoms with van der Waals surface area (Å²) in [6, 6.07) is 0.655. The monoisotopic (exact) mass is 412 g/mol. The number of hydrogen-bond acceptors (Lipinski definition) is 2. The molecule has 2 unspecified atom stereocenters. The molecular formula is C28H48N2. The van der Waals surface area contributed by atoms with Gasteiger partial charge in [-0.1, -0.05) is 77.7 Å². The van der Waals surface area contributed by atoms with Crippen molar-refractivity contribution >= 4 is 11.4 Å². The van der Waals surface area contributed by atoms with E-state index in [0.29, 0.717) is 12.1 Å². The van der Waals surface area contributed by atoms with E-state index in [4.69, 9.17) is 0 Å². The van der Waals surface area contributed by atoms with Crippen molar-refractivity contribution < 1.29 is 0 Å². The van der Waals surface area contributed by atoms with Gasteiger partial charge in [-0.2, -0.15) is 0 Å². The molecule has 2 N–H and O–H groups in total. The maximum Gasteiger partial charge on any atom is 0.0433 e. The Morgan fingerprint density at radius 2 is 0.900 bits per heavy atom. The molecule has 0 saturated carbocycles. The molecule has 0 saturated heterocycles. The quantitative estimate of drug-likeness (QED) is 0.300. The van der Waals surface area contributed by atoms with E-state index in [1.165, 1.54) is 36.2 Å². The second kappa shape index (κ2) is 14.3. The van der Waals surface area contributed by atoms with Gasteiger partial charge in [0.15, 0.2) is 0 Å². The Kier molecular flexibility index (Phi) is 12.6. The Hall–Kier alpha value is -1.70. The summed E-state index contributed by atoms with van der Waals surface area (Å²) in [4.78, 5) is 0. The molecule has 30 heavy (non-hydrogen) atoms. The summed E-state index contributed by atoms with van der Waals surface area (Å²) in [5, 5.41) is 7.84. The molecule has 2 heteroatoms. The molecule has 2 atom stereocenters. The van der Waals surface area contributed by atoms with Gasteiger partial charge < -0.3 is 10.6 Å². The number of benzene rings is 1. The Bertz CT molecular complexity index is 633. The highest BCUT2D eigenvalue weighted by Crippen LogP contribution is 2.40. The maximum atomic E-state index is 3.92. The first-order valence-corrected chi connectivity index (χ1v) is 12.5. The molecule has 1 rings (SSSR count). The van der Waals surface area contributed by atoms with Crippen LogP contribution >= 0.6 is 0 Å². The molecule has 170 valence electrons. The van der Waals surface area contributed by atoms with Crippen LogP contribution in [0.5, 0.6) is 0 Å². The number of allylic oxidation sites excluding steroid dienone is 2. The lowest BCUT2D eigenvalue weighted by Crippen LogP contribution is -2.22. The van der Waals surface area contributed by atoms with E-state index in [1.54, 1.807) is 16.7 Å². The highest BCUT2D eigenvalue weighted by atomic mass is 14.9. The van der Waals surface area contributed by atoms with Gasteiger partial charge >= 0.3 is 0 Å². The van der Waals surface area contributed by atoms with Crippen LogP contribution < -0.4 is 10.6 Å². The van der Waals surface area contributed by atoms with Gasteiger partial charge in [0.25, 0.3) is 0 Å². The molecule has 0 aliphatic rings. The topological polar surface area (TPSA) is 24.1 Å². The van der Waals surface area contributed by atoms with Gasteiger partial charge in [-0.05, 0) is 75.6 Å². The van der Waals surface area contributed by atoms with Gasteiger partial charge in [-0.3, -0.25) is 0 Å². The number of hydrogen-bond donors (Lipinski definition) is 2. The van der Waals surface area contributed by atoms with Crippen molar-refractivity contribution in [3.63, 3.8) is 0 Å². The Morgan fingerprint density at radius 3 is 1.23 bits per heavy atom. The third kappa shape index (κ3) is 7.22. The SMILES string of the molecule is CC=CC(C)Nc1c(CCC)c(CCC)c(CCC)c(NC(C)C=CC)c1CCC. The van der Waals surface area contributed by atoms with Crippen molar-refractivity contribution in [2.75, 3.05) is 10.6 Å². The molecule has 0 fully saturated rings. The summed E-state index contributed by atoms with van der Waals surface area (Å²) < 4.78 is 0. The van der Waals surface area contributed by atoms with E-state index in [2.05, 4.69) is 90.3 Å². The second-order valence-electron chi connectivity index (χ2n) is 8.58. The summed E-state index contributed by atoms with van der Waals surface area (Å²) >= 11 is 0. The number of anilines is 2. The van der Waals surface area contributed by atoms with Crippen molar-refractivity contribution in [1.82, 2.24) is 0 Å². The third-order valence-electron chi connectivity index (χ3n) is 5.64. The van der Waals surface area contributed by atoms with Gasteiger partial charge in [0.1, 0.15) is 0 Å². The molecule has 0 amide bonds. The molecule has 0 heterocycles. The molecule has 0 aliphatic heterocycles. The van der Waals surface area contributed by atoms with Gasteiger partial charge in [0, 0.05) is 23.5 Å². The van der Waals surface area contributed by atoms with Crippen LogP contribution in [0.15, 0.2) is 24.3 Å². The molecule has 0 spiro atoms. The first-order chi connectivity index (χ1) is 14.5. The van der Waals surface area contributed by atoms with E-state index < -0.39 is 0 Å². The number of rotatable bonds is 14. The zero-order valence-electron chi connectivity index (χ0n) is 21.1. The fraction of sp³-hybridized carbons (Fsp3) is 0.643. The lowest BCUT2D eigenvalue weighted by molar-refractivity contribution is 0.809. The van der Waals surface area contributed by atoms with Crippen LogP contribution in [0, 0.1) is 0 Å². The number of nitrogens with one attached hydrogen (secondary N) is 2. The molecule has 1 aromatic carbocycles. The molecule has 1 aromatic rings. The normalized spacial score (nSPS) is 13.9. The minimum atomic E-state index is 0.327. The van der Waals surface area contributed by atoms with Crippen LogP contribution in [-0.2, 0) is 25.7 Å². The van der Waals surface area contributed by atoms with Gasteiger partial charge in [0.05, 0.1) is 0 Å². The molecule has 0 aliphatic carbocycles. The van der Waals surface area contributed by atoms with Crippen molar-refractivity contribution in [1.29, 1.82) is 0 Å². The summed E-state index contributed by atoms with van der Waals surface area (Å²) in [5.41, 5.74) is 9.06. The van der Waals surface area contributed by atoms with Crippen LogP contribution in [0.1, 0.15) is 103 Å². The predicted octanol–water partition coefficient (Wildman–Crippen LogP) is 8.25. The minimum absolute atomic E-state index is 0.327. The molecule has 0 bridgehead atoms. The smallest absolute Gasteiger partial charge is 0.0433 e. The molecule has 0 radical (unpaired) electrons. The van der Waals surface area contributed by atoms with Gasteiger partial charge in [0.2, 0.25) is 0 Å². The van der Waals surface area contributed by atoms with E-state index in [-0.39, 0.29) is 0 Å².